The number of ether oxygens (including phenoxy) is 2. The summed E-state index contributed by atoms with van der Waals surface area (Å²) in [6.07, 6.45) is 2.09. The molecule has 6 nitrogen and oxygen atoms in total. The van der Waals surface area contributed by atoms with Crippen LogP contribution < -0.4 is 16.0 Å². The largest absolute Gasteiger partial charge is 0.381 e. The number of hydrogen-bond donors (Lipinski definition) is 3. The summed E-state index contributed by atoms with van der Waals surface area (Å²) in [4.78, 5) is 4.32. The maximum atomic E-state index is 5.74. The lowest BCUT2D eigenvalue weighted by Gasteiger charge is -2.25. The molecule has 2 atom stereocenters. The highest BCUT2D eigenvalue weighted by atomic mass is 16.5. The van der Waals surface area contributed by atoms with Gasteiger partial charge in [-0.05, 0) is 30.9 Å². The van der Waals surface area contributed by atoms with E-state index in [4.69, 9.17) is 9.47 Å². The van der Waals surface area contributed by atoms with Crippen molar-refractivity contribution in [2.24, 2.45) is 16.8 Å². The molecule has 152 valence electrons. The SMILES string of the molecule is CN=C(NCCCOCC1CCOC1)NCC(Nc1ccccc1)C(C)C. The van der Waals surface area contributed by atoms with Crippen LogP contribution in [0.15, 0.2) is 35.3 Å². The first-order valence-corrected chi connectivity index (χ1v) is 10.1. The molecule has 1 saturated heterocycles. The van der Waals surface area contributed by atoms with Crippen LogP contribution in [-0.4, -0.2) is 58.6 Å². The topological polar surface area (TPSA) is 66.9 Å². The summed E-state index contributed by atoms with van der Waals surface area (Å²) in [6.45, 7) is 9.43. The van der Waals surface area contributed by atoms with Gasteiger partial charge in [-0.2, -0.15) is 0 Å². The molecule has 0 spiro atoms. The van der Waals surface area contributed by atoms with Crippen molar-refractivity contribution in [3.05, 3.63) is 30.3 Å². The molecular weight excluding hydrogens is 340 g/mol. The van der Waals surface area contributed by atoms with Crippen LogP contribution in [-0.2, 0) is 9.47 Å². The monoisotopic (exact) mass is 376 g/mol. The molecule has 0 saturated carbocycles. The third-order valence-electron chi connectivity index (χ3n) is 4.78. The van der Waals surface area contributed by atoms with Gasteiger partial charge in [0.05, 0.1) is 13.2 Å². The Bertz CT molecular complexity index is 530. The van der Waals surface area contributed by atoms with Crippen LogP contribution in [0.4, 0.5) is 5.69 Å². The fraction of sp³-hybridized carbons (Fsp3) is 0.667. The minimum absolute atomic E-state index is 0.322. The number of rotatable bonds is 11. The number of benzene rings is 1. The van der Waals surface area contributed by atoms with E-state index in [9.17, 15) is 0 Å². The molecule has 2 unspecified atom stereocenters. The molecular formula is C21H36N4O2. The fourth-order valence-corrected chi connectivity index (χ4v) is 2.97. The Balaban J connectivity index is 1.61. The van der Waals surface area contributed by atoms with Gasteiger partial charge in [0, 0.05) is 51.0 Å². The molecule has 0 bridgehead atoms. The Labute approximate surface area is 164 Å². The Kier molecular flexibility index (Phi) is 10.0. The lowest BCUT2D eigenvalue weighted by Crippen LogP contribution is -2.45. The molecule has 1 heterocycles. The lowest BCUT2D eigenvalue weighted by atomic mass is 10.0. The molecule has 1 aliphatic rings. The van der Waals surface area contributed by atoms with Crippen LogP contribution in [0.1, 0.15) is 26.7 Å². The average Bonchev–Trinajstić information content (AvgIpc) is 3.20. The highest BCUT2D eigenvalue weighted by molar-refractivity contribution is 5.79. The van der Waals surface area contributed by atoms with Crippen LogP contribution >= 0.6 is 0 Å². The molecule has 0 aliphatic carbocycles. The van der Waals surface area contributed by atoms with Gasteiger partial charge in [0.1, 0.15) is 0 Å². The summed E-state index contributed by atoms with van der Waals surface area (Å²) < 4.78 is 11.1. The van der Waals surface area contributed by atoms with Crippen LogP contribution in [0.5, 0.6) is 0 Å². The van der Waals surface area contributed by atoms with Gasteiger partial charge in [-0.25, -0.2) is 0 Å². The van der Waals surface area contributed by atoms with E-state index in [0.717, 1.165) is 64.0 Å². The molecule has 1 aromatic carbocycles. The zero-order valence-corrected chi connectivity index (χ0v) is 17.0. The van der Waals surface area contributed by atoms with Crippen LogP contribution in [0, 0.1) is 11.8 Å². The first-order chi connectivity index (χ1) is 13.2. The number of aliphatic imine (C=N–C) groups is 1. The molecule has 3 N–H and O–H groups in total. The first-order valence-electron chi connectivity index (χ1n) is 10.1. The zero-order valence-electron chi connectivity index (χ0n) is 17.0. The van der Waals surface area contributed by atoms with Gasteiger partial charge in [0.2, 0.25) is 0 Å². The minimum Gasteiger partial charge on any atom is -0.381 e. The first kappa shape index (κ1) is 21.5. The predicted octanol–water partition coefficient (Wildman–Crippen LogP) is 2.73. The number of nitrogens with zero attached hydrogens (tertiary/aromatic N) is 1. The van der Waals surface area contributed by atoms with Gasteiger partial charge in [-0.1, -0.05) is 32.0 Å². The van der Waals surface area contributed by atoms with E-state index >= 15 is 0 Å². The summed E-state index contributed by atoms with van der Waals surface area (Å²) >= 11 is 0. The fourth-order valence-electron chi connectivity index (χ4n) is 2.97. The van der Waals surface area contributed by atoms with E-state index < -0.39 is 0 Å². The molecule has 0 aromatic heterocycles. The van der Waals surface area contributed by atoms with Crippen molar-refractivity contribution in [2.45, 2.75) is 32.7 Å². The summed E-state index contributed by atoms with van der Waals surface area (Å²) in [5.74, 6) is 1.92. The van der Waals surface area contributed by atoms with Crippen molar-refractivity contribution < 1.29 is 9.47 Å². The molecule has 1 aromatic rings. The molecule has 2 rings (SSSR count). The summed E-state index contributed by atoms with van der Waals surface area (Å²) in [5, 5.41) is 10.4. The van der Waals surface area contributed by atoms with Gasteiger partial charge < -0.3 is 25.4 Å². The number of para-hydroxylation sites is 1. The van der Waals surface area contributed by atoms with Crippen molar-refractivity contribution in [1.29, 1.82) is 0 Å². The molecule has 0 radical (unpaired) electrons. The Hall–Kier alpha value is -1.79. The molecule has 0 amide bonds. The Morgan fingerprint density at radius 3 is 2.74 bits per heavy atom. The summed E-state index contributed by atoms with van der Waals surface area (Å²) in [6, 6.07) is 10.7. The molecule has 1 fully saturated rings. The standard InChI is InChI=1S/C21H36N4O2/c1-17(2)20(25-19-8-5-4-6-9-19)14-24-21(22-3)23-11-7-12-26-15-18-10-13-27-16-18/h4-6,8-9,17-18,20,25H,7,10-16H2,1-3H3,(H2,22,23,24). The van der Waals surface area contributed by atoms with Crippen LogP contribution in [0.3, 0.4) is 0 Å². The van der Waals surface area contributed by atoms with Gasteiger partial charge >= 0.3 is 0 Å². The second-order valence-electron chi connectivity index (χ2n) is 7.40. The highest BCUT2D eigenvalue weighted by Gasteiger charge is 2.15. The van der Waals surface area contributed by atoms with Crippen LogP contribution in [0.2, 0.25) is 0 Å². The van der Waals surface area contributed by atoms with Gasteiger partial charge in [-0.3, -0.25) is 4.99 Å². The normalized spacial score (nSPS) is 18.5. The van der Waals surface area contributed by atoms with Crippen LogP contribution in [0.25, 0.3) is 0 Å². The second-order valence-corrected chi connectivity index (χ2v) is 7.40. The van der Waals surface area contributed by atoms with E-state index in [0.29, 0.717) is 17.9 Å². The van der Waals surface area contributed by atoms with E-state index in [1.165, 1.54) is 0 Å². The van der Waals surface area contributed by atoms with Gasteiger partial charge in [0.15, 0.2) is 5.96 Å². The quantitative estimate of drug-likeness (QED) is 0.315. The third-order valence-corrected chi connectivity index (χ3v) is 4.78. The van der Waals surface area contributed by atoms with E-state index in [1.54, 1.807) is 7.05 Å². The smallest absolute Gasteiger partial charge is 0.191 e. The summed E-state index contributed by atoms with van der Waals surface area (Å²) in [5.41, 5.74) is 1.14. The Morgan fingerprint density at radius 1 is 1.26 bits per heavy atom. The maximum absolute atomic E-state index is 5.74. The van der Waals surface area contributed by atoms with Crippen molar-refractivity contribution in [3.63, 3.8) is 0 Å². The highest BCUT2D eigenvalue weighted by Crippen LogP contribution is 2.12. The second kappa shape index (κ2) is 12.6. The number of hydrogen-bond acceptors (Lipinski definition) is 4. The van der Waals surface area contributed by atoms with Crippen molar-refractivity contribution >= 4 is 11.6 Å². The maximum Gasteiger partial charge on any atom is 0.191 e. The zero-order chi connectivity index (χ0) is 19.3. The average molecular weight is 377 g/mol. The van der Waals surface area contributed by atoms with E-state index in [2.05, 4.69) is 59.1 Å². The van der Waals surface area contributed by atoms with E-state index in [-0.39, 0.29) is 0 Å². The lowest BCUT2D eigenvalue weighted by molar-refractivity contribution is 0.0888. The van der Waals surface area contributed by atoms with Crippen molar-refractivity contribution in [3.8, 4) is 0 Å². The van der Waals surface area contributed by atoms with Gasteiger partial charge in [0.25, 0.3) is 0 Å². The molecule has 6 heteroatoms. The summed E-state index contributed by atoms with van der Waals surface area (Å²) in [7, 11) is 1.81. The van der Waals surface area contributed by atoms with Crippen molar-refractivity contribution in [1.82, 2.24) is 10.6 Å². The Morgan fingerprint density at radius 2 is 2.07 bits per heavy atom. The molecule has 1 aliphatic heterocycles. The third kappa shape index (κ3) is 8.63. The number of guanidine groups is 1. The number of nitrogens with one attached hydrogen (secondary N) is 3. The predicted molar refractivity (Wildman–Crippen MR) is 112 cm³/mol. The van der Waals surface area contributed by atoms with E-state index in [1.807, 2.05) is 6.07 Å². The van der Waals surface area contributed by atoms with Crippen molar-refractivity contribution in [2.75, 3.05) is 51.9 Å². The number of anilines is 1. The minimum atomic E-state index is 0.322. The van der Waals surface area contributed by atoms with Gasteiger partial charge in [-0.15, -0.1) is 0 Å². The molecule has 27 heavy (non-hydrogen) atoms.